The van der Waals surface area contributed by atoms with Crippen molar-refractivity contribution in [1.82, 2.24) is 9.55 Å². The molecule has 2 heterocycles. The lowest BCUT2D eigenvalue weighted by Gasteiger charge is -2.11. The van der Waals surface area contributed by atoms with Crippen LogP contribution in [0.5, 0.6) is 0 Å². The lowest BCUT2D eigenvalue weighted by Crippen LogP contribution is -2.29. The molecule has 1 aromatic carbocycles. The van der Waals surface area contributed by atoms with Crippen LogP contribution in [0.15, 0.2) is 40.3 Å². The third kappa shape index (κ3) is 3.77. The first kappa shape index (κ1) is 17.7. The summed E-state index contributed by atoms with van der Waals surface area (Å²) in [6, 6.07) is 9.46. The lowest BCUT2D eigenvalue weighted by molar-refractivity contribution is -0.116. The minimum absolute atomic E-state index is 0.0524. The van der Waals surface area contributed by atoms with Gasteiger partial charge in [0.2, 0.25) is 5.91 Å². The Balaban J connectivity index is 1.93. The number of nitrogens with zero attached hydrogens (tertiary/aromatic N) is 2. The highest BCUT2D eigenvalue weighted by Gasteiger charge is 2.15. The van der Waals surface area contributed by atoms with Crippen LogP contribution in [0.1, 0.15) is 17.4 Å². The van der Waals surface area contributed by atoms with Gasteiger partial charge in [-0.05, 0) is 43.4 Å². The Morgan fingerprint density at radius 1 is 1.36 bits per heavy atom. The number of fused-ring (bicyclic) bond motifs is 1. The van der Waals surface area contributed by atoms with Crippen molar-refractivity contribution < 1.29 is 4.79 Å². The van der Waals surface area contributed by atoms with Crippen molar-refractivity contribution in [2.24, 2.45) is 0 Å². The number of carbonyl (C=O) groups excluding carboxylic acids is 1. The number of thioether (sulfide) groups is 1. The van der Waals surface area contributed by atoms with Crippen LogP contribution < -0.4 is 10.9 Å². The first-order valence-corrected chi connectivity index (χ1v) is 9.99. The molecule has 7 heteroatoms. The molecule has 3 rings (SSSR count). The minimum atomic E-state index is -0.241. The van der Waals surface area contributed by atoms with Gasteiger partial charge in [-0.25, -0.2) is 4.98 Å². The summed E-state index contributed by atoms with van der Waals surface area (Å²) in [5.41, 5.74) is 1.62. The Kier molecular flexibility index (Phi) is 5.24. The second-order valence-corrected chi connectivity index (χ2v) is 7.58. The predicted molar refractivity (Wildman–Crippen MR) is 105 cm³/mol. The third-order valence-corrected chi connectivity index (χ3v) is 5.65. The van der Waals surface area contributed by atoms with Crippen LogP contribution in [-0.2, 0) is 17.8 Å². The molecule has 5 nitrogen and oxygen atoms in total. The molecule has 0 saturated carbocycles. The van der Waals surface area contributed by atoms with Gasteiger partial charge in [-0.1, -0.05) is 30.8 Å². The van der Waals surface area contributed by atoms with Crippen LogP contribution in [-0.4, -0.2) is 21.7 Å². The normalized spacial score (nSPS) is 11.0. The molecule has 0 atom stereocenters. The average Bonchev–Trinajstić information content (AvgIpc) is 3.00. The van der Waals surface area contributed by atoms with E-state index in [1.165, 1.54) is 27.7 Å². The molecule has 1 N–H and O–H groups in total. The quantitative estimate of drug-likeness (QED) is 0.547. The van der Waals surface area contributed by atoms with Gasteiger partial charge in [0.1, 0.15) is 11.4 Å². The molecule has 3 aromatic rings. The molecule has 0 aliphatic carbocycles. The lowest BCUT2D eigenvalue weighted by atomic mass is 10.2. The van der Waals surface area contributed by atoms with Gasteiger partial charge in [0.15, 0.2) is 5.16 Å². The number of anilines is 1. The summed E-state index contributed by atoms with van der Waals surface area (Å²) in [6.07, 6.45) is 2.72. The van der Waals surface area contributed by atoms with Gasteiger partial charge < -0.3 is 5.32 Å². The van der Waals surface area contributed by atoms with E-state index >= 15 is 0 Å². The Hall–Kier alpha value is -2.12. The Bertz CT molecular complexity index is 992. The first-order valence-electron chi connectivity index (χ1n) is 7.95. The monoisotopic (exact) mass is 373 g/mol. The molecule has 0 spiro atoms. The number of aryl methyl sites for hydroxylation is 2. The van der Waals surface area contributed by atoms with Crippen molar-refractivity contribution in [3.05, 3.63) is 51.1 Å². The highest BCUT2D eigenvalue weighted by molar-refractivity contribution is 7.98. The molecule has 0 radical (unpaired) electrons. The highest BCUT2D eigenvalue weighted by Crippen LogP contribution is 2.24. The van der Waals surface area contributed by atoms with Gasteiger partial charge >= 0.3 is 0 Å². The molecule has 0 aliphatic heterocycles. The second-order valence-electron chi connectivity index (χ2n) is 5.69. The summed E-state index contributed by atoms with van der Waals surface area (Å²) in [5, 5.41) is 3.98. The van der Waals surface area contributed by atoms with Gasteiger partial charge in [0.25, 0.3) is 5.56 Å². The molecule has 0 aliphatic rings. The van der Waals surface area contributed by atoms with Gasteiger partial charge in [-0.2, -0.15) is 0 Å². The van der Waals surface area contributed by atoms with E-state index in [-0.39, 0.29) is 18.0 Å². The van der Waals surface area contributed by atoms with Crippen LogP contribution >= 0.6 is 23.1 Å². The van der Waals surface area contributed by atoms with Gasteiger partial charge in [-0.15, -0.1) is 11.3 Å². The fourth-order valence-corrected chi connectivity index (χ4v) is 4.15. The highest BCUT2D eigenvalue weighted by atomic mass is 32.2. The van der Waals surface area contributed by atoms with Crippen LogP contribution in [0.3, 0.4) is 0 Å². The second kappa shape index (κ2) is 7.41. The van der Waals surface area contributed by atoms with E-state index in [2.05, 4.69) is 10.3 Å². The van der Waals surface area contributed by atoms with E-state index in [4.69, 9.17) is 0 Å². The summed E-state index contributed by atoms with van der Waals surface area (Å²) in [7, 11) is 0. The van der Waals surface area contributed by atoms with E-state index in [0.717, 1.165) is 27.4 Å². The fourth-order valence-electron chi connectivity index (χ4n) is 2.58. The third-order valence-electron chi connectivity index (χ3n) is 3.80. The number of aromatic nitrogens is 2. The fraction of sp³-hybridized carbons (Fsp3) is 0.278. The maximum atomic E-state index is 12.8. The van der Waals surface area contributed by atoms with E-state index in [1.54, 1.807) is 0 Å². The summed E-state index contributed by atoms with van der Waals surface area (Å²) in [4.78, 5) is 31.6. The van der Waals surface area contributed by atoms with Crippen LogP contribution in [0.2, 0.25) is 0 Å². The van der Waals surface area contributed by atoms with Crippen LogP contribution in [0.4, 0.5) is 5.69 Å². The number of carbonyl (C=O) groups is 1. The molecular weight excluding hydrogens is 354 g/mol. The Labute approximate surface area is 154 Å². The van der Waals surface area contributed by atoms with Crippen molar-refractivity contribution in [3.63, 3.8) is 0 Å². The van der Waals surface area contributed by atoms with Crippen molar-refractivity contribution in [2.45, 2.75) is 32.0 Å². The van der Waals surface area contributed by atoms with Gasteiger partial charge in [0, 0.05) is 10.6 Å². The molecule has 0 saturated heterocycles. The molecular formula is C18H19N3O2S2. The zero-order valence-corrected chi connectivity index (χ0v) is 16.0. The maximum absolute atomic E-state index is 12.8. The van der Waals surface area contributed by atoms with E-state index in [1.807, 2.05) is 50.4 Å². The summed E-state index contributed by atoms with van der Waals surface area (Å²) < 4.78 is 1.45. The van der Waals surface area contributed by atoms with Gasteiger partial charge in [-0.3, -0.25) is 14.2 Å². The number of hydrogen-bond acceptors (Lipinski definition) is 5. The zero-order valence-electron chi connectivity index (χ0n) is 14.3. The number of benzene rings is 1. The minimum Gasteiger partial charge on any atom is -0.325 e. The molecule has 0 unspecified atom stereocenters. The smallest absolute Gasteiger partial charge is 0.263 e. The molecule has 1 amide bonds. The molecule has 130 valence electrons. The Morgan fingerprint density at radius 3 is 2.84 bits per heavy atom. The van der Waals surface area contributed by atoms with Crippen molar-refractivity contribution in [1.29, 1.82) is 0 Å². The SMILES string of the molecule is CCc1cc2c(=O)n(CC(=O)Nc3cccc(C)c3)c(SC)nc2s1. The van der Waals surface area contributed by atoms with E-state index in [9.17, 15) is 9.59 Å². The predicted octanol–water partition coefficient (Wildman–Crippen LogP) is 3.69. The van der Waals surface area contributed by atoms with E-state index in [0.29, 0.717) is 10.5 Å². The maximum Gasteiger partial charge on any atom is 0.263 e. The largest absolute Gasteiger partial charge is 0.325 e. The summed E-state index contributed by atoms with van der Waals surface area (Å²) in [5.74, 6) is -0.241. The number of rotatable bonds is 5. The summed E-state index contributed by atoms with van der Waals surface area (Å²) >= 11 is 2.90. The Morgan fingerprint density at radius 2 is 2.16 bits per heavy atom. The zero-order chi connectivity index (χ0) is 18.0. The first-order chi connectivity index (χ1) is 12.0. The standard InChI is InChI=1S/C18H19N3O2S2/c1-4-13-9-14-16(25-13)20-18(24-3)21(17(14)23)10-15(22)19-12-7-5-6-11(2)8-12/h5-9H,4,10H2,1-3H3,(H,19,22). The average molecular weight is 374 g/mol. The molecule has 2 aromatic heterocycles. The topological polar surface area (TPSA) is 64.0 Å². The molecule has 25 heavy (non-hydrogen) atoms. The number of nitrogens with one attached hydrogen (secondary N) is 1. The van der Waals surface area contributed by atoms with E-state index < -0.39 is 0 Å². The van der Waals surface area contributed by atoms with Crippen molar-refractivity contribution >= 4 is 44.9 Å². The number of hydrogen-bond donors (Lipinski definition) is 1. The molecule has 0 fully saturated rings. The van der Waals surface area contributed by atoms with Crippen molar-refractivity contribution in [2.75, 3.05) is 11.6 Å². The number of thiophene rings is 1. The van der Waals surface area contributed by atoms with Crippen LogP contribution in [0.25, 0.3) is 10.2 Å². The number of amides is 1. The molecule has 0 bridgehead atoms. The summed E-state index contributed by atoms with van der Waals surface area (Å²) in [6.45, 7) is 3.96. The van der Waals surface area contributed by atoms with Gasteiger partial charge in [0.05, 0.1) is 5.39 Å². The van der Waals surface area contributed by atoms with Crippen molar-refractivity contribution in [3.8, 4) is 0 Å². The van der Waals surface area contributed by atoms with Crippen LogP contribution in [0, 0.1) is 6.92 Å².